The van der Waals surface area contributed by atoms with E-state index < -0.39 is 10.0 Å². The van der Waals surface area contributed by atoms with Gasteiger partial charge in [-0.25, -0.2) is 13.1 Å². The van der Waals surface area contributed by atoms with E-state index in [9.17, 15) is 8.42 Å². The van der Waals surface area contributed by atoms with Gasteiger partial charge in [0.15, 0.2) is 10.9 Å². The maximum absolute atomic E-state index is 12.0. The highest BCUT2D eigenvalue weighted by Crippen LogP contribution is 2.15. The van der Waals surface area contributed by atoms with E-state index in [0.29, 0.717) is 11.3 Å². The van der Waals surface area contributed by atoms with Crippen LogP contribution < -0.4 is 10.5 Å². The van der Waals surface area contributed by atoms with Gasteiger partial charge in [0.05, 0.1) is 6.54 Å². The van der Waals surface area contributed by atoms with Crippen molar-refractivity contribution < 1.29 is 8.42 Å². The quantitative estimate of drug-likeness (QED) is 0.498. The number of aromatic amines is 2. The molecule has 0 bridgehead atoms. The number of aromatic nitrogens is 6. The Morgan fingerprint density at radius 1 is 1.39 bits per heavy atom. The van der Waals surface area contributed by atoms with Crippen molar-refractivity contribution in [2.75, 3.05) is 0 Å². The predicted octanol–water partition coefficient (Wildman–Crippen LogP) is -1.83. The van der Waals surface area contributed by atoms with Gasteiger partial charge in [-0.2, -0.15) is 10.3 Å². The lowest BCUT2D eigenvalue weighted by atomic mass is 10.3. The third-order valence-electron chi connectivity index (χ3n) is 2.30. The van der Waals surface area contributed by atoms with E-state index in [4.69, 9.17) is 5.73 Å². The number of hydrogen-bond donors (Lipinski definition) is 4. The van der Waals surface area contributed by atoms with E-state index in [1.807, 2.05) is 0 Å². The van der Waals surface area contributed by atoms with Crippen molar-refractivity contribution >= 4 is 10.0 Å². The van der Waals surface area contributed by atoms with Gasteiger partial charge in [-0.05, 0) is 6.92 Å². The standard InChI is InChI=1S/C7H12N8O2S/c1-4-5(2-8)7(13-10-4)18(16,17)9-3-6-11-14-15-12-6/h9H,2-3,8H2,1H3,(H,10,13)(H,11,12,14,15). The number of rotatable bonds is 5. The lowest BCUT2D eigenvalue weighted by molar-refractivity contribution is 0.573. The first-order valence-corrected chi connectivity index (χ1v) is 6.49. The van der Waals surface area contributed by atoms with E-state index >= 15 is 0 Å². The average Bonchev–Trinajstić information content (AvgIpc) is 2.95. The smallest absolute Gasteiger partial charge is 0.260 e. The molecule has 18 heavy (non-hydrogen) atoms. The largest absolute Gasteiger partial charge is 0.326 e. The van der Waals surface area contributed by atoms with Crippen LogP contribution in [0, 0.1) is 6.92 Å². The molecule has 0 radical (unpaired) electrons. The predicted molar refractivity (Wildman–Crippen MR) is 59.4 cm³/mol. The highest BCUT2D eigenvalue weighted by Gasteiger charge is 2.23. The van der Waals surface area contributed by atoms with Crippen molar-refractivity contribution in [3.63, 3.8) is 0 Å². The van der Waals surface area contributed by atoms with Gasteiger partial charge in [-0.1, -0.05) is 5.21 Å². The zero-order valence-corrected chi connectivity index (χ0v) is 10.3. The van der Waals surface area contributed by atoms with Crippen LogP contribution in [-0.2, 0) is 23.1 Å². The van der Waals surface area contributed by atoms with Crippen molar-refractivity contribution in [2.24, 2.45) is 5.73 Å². The van der Waals surface area contributed by atoms with Gasteiger partial charge in [0.25, 0.3) is 10.0 Å². The molecule has 0 spiro atoms. The lowest BCUT2D eigenvalue weighted by Gasteiger charge is -2.03. The minimum absolute atomic E-state index is 0.0747. The van der Waals surface area contributed by atoms with Crippen molar-refractivity contribution in [1.29, 1.82) is 0 Å². The Bertz CT molecular complexity index is 616. The zero-order chi connectivity index (χ0) is 13.2. The van der Waals surface area contributed by atoms with Crippen LogP contribution in [0.15, 0.2) is 5.03 Å². The molecule has 0 saturated heterocycles. The van der Waals surface area contributed by atoms with Gasteiger partial charge in [-0.15, -0.1) is 10.2 Å². The summed E-state index contributed by atoms with van der Waals surface area (Å²) >= 11 is 0. The summed E-state index contributed by atoms with van der Waals surface area (Å²) in [6.45, 7) is 1.71. The molecule has 0 aliphatic rings. The van der Waals surface area contributed by atoms with Crippen LogP contribution in [0.4, 0.5) is 0 Å². The molecule has 2 aromatic heterocycles. The number of nitrogens with one attached hydrogen (secondary N) is 3. The normalized spacial score (nSPS) is 11.9. The summed E-state index contributed by atoms with van der Waals surface area (Å²) in [7, 11) is -3.75. The Hall–Kier alpha value is -1.85. The molecule has 2 heterocycles. The Kier molecular flexibility index (Phi) is 3.36. The molecule has 0 fully saturated rings. The molecule has 11 heteroatoms. The first-order chi connectivity index (χ1) is 8.54. The molecule has 98 valence electrons. The van der Waals surface area contributed by atoms with E-state index in [1.165, 1.54) is 0 Å². The first-order valence-electron chi connectivity index (χ1n) is 5.00. The van der Waals surface area contributed by atoms with Crippen molar-refractivity contribution in [3.05, 3.63) is 17.1 Å². The number of H-pyrrole nitrogens is 2. The van der Waals surface area contributed by atoms with Crippen LogP contribution >= 0.6 is 0 Å². The van der Waals surface area contributed by atoms with Crippen LogP contribution in [0.1, 0.15) is 17.1 Å². The number of sulfonamides is 1. The zero-order valence-electron chi connectivity index (χ0n) is 9.51. The highest BCUT2D eigenvalue weighted by molar-refractivity contribution is 7.89. The molecule has 0 atom stereocenters. The Labute approximate surface area is 102 Å². The van der Waals surface area contributed by atoms with Gasteiger partial charge in [-0.3, -0.25) is 5.10 Å². The minimum atomic E-state index is -3.75. The monoisotopic (exact) mass is 272 g/mol. The summed E-state index contributed by atoms with van der Waals surface area (Å²) in [6.07, 6.45) is 0. The van der Waals surface area contributed by atoms with Crippen LogP contribution in [0.5, 0.6) is 0 Å². The fourth-order valence-corrected chi connectivity index (χ4v) is 2.56. The minimum Gasteiger partial charge on any atom is -0.326 e. The Balaban J connectivity index is 2.20. The van der Waals surface area contributed by atoms with E-state index in [0.717, 1.165) is 0 Å². The highest BCUT2D eigenvalue weighted by atomic mass is 32.2. The summed E-state index contributed by atoms with van der Waals surface area (Å²) in [5, 5.41) is 19.0. The second kappa shape index (κ2) is 4.80. The number of nitrogens with zero attached hydrogens (tertiary/aromatic N) is 4. The summed E-state index contributed by atoms with van der Waals surface area (Å²) in [4.78, 5) is 0. The van der Waals surface area contributed by atoms with Crippen molar-refractivity contribution in [1.82, 2.24) is 35.5 Å². The molecule has 0 aromatic carbocycles. The first kappa shape index (κ1) is 12.6. The van der Waals surface area contributed by atoms with Gasteiger partial charge < -0.3 is 5.73 Å². The van der Waals surface area contributed by atoms with Gasteiger partial charge in [0, 0.05) is 17.8 Å². The third-order valence-corrected chi connectivity index (χ3v) is 3.68. The van der Waals surface area contributed by atoms with Crippen LogP contribution in [0.25, 0.3) is 0 Å². The number of tetrazole rings is 1. The SMILES string of the molecule is Cc1[nH]nc(S(=O)(=O)NCc2nn[nH]n2)c1CN. The molecule has 0 unspecified atom stereocenters. The number of nitrogens with two attached hydrogens (primary N) is 1. The van der Waals surface area contributed by atoms with Gasteiger partial charge >= 0.3 is 0 Å². The van der Waals surface area contributed by atoms with Crippen molar-refractivity contribution in [2.45, 2.75) is 25.0 Å². The second-order valence-electron chi connectivity index (χ2n) is 3.49. The molecule has 5 N–H and O–H groups in total. The van der Waals surface area contributed by atoms with Crippen LogP contribution in [0.3, 0.4) is 0 Å². The van der Waals surface area contributed by atoms with Crippen molar-refractivity contribution in [3.8, 4) is 0 Å². The summed E-state index contributed by atoms with van der Waals surface area (Å²) < 4.78 is 26.3. The molecule has 10 nitrogen and oxygen atoms in total. The molecule has 0 aliphatic carbocycles. The van der Waals surface area contributed by atoms with E-state index in [1.54, 1.807) is 6.92 Å². The molecule has 0 amide bonds. The molecular weight excluding hydrogens is 260 g/mol. The summed E-state index contributed by atoms with van der Waals surface area (Å²) in [5.41, 5.74) is 6.57. The Morgan fingerprint density at radius 2 is 2.17 bits per heavy atom. The molecule has 0 aliphatic heterocycles. The maximum Gasteiger partial charge on any atom is 0.260 e. The molecule has 2 aromatic rings. The van der Waals surface area contributed by atoms with Gasteiger partial charge in [0.1, 0.15) is 0 Å². The third kappa shape index (κ3) is 2.37. The second-order valence-corrected chi connectivity index (χ2v) is 5.17. The van der Waals surface area contributed by atoms with E-state index in [2.05, 4.69) is 35.5 Å². The lowest BCUT2D eigenvalue weighted by Crippen LogP contribution is -2.25. The molecule has 2 rings (SSSR count). The molecule has 0 saturated carbocycles. The number of hydrogen-bond acceptors (Lipinski definition) is 7. The van der Waals surface area contributed by atoms with Crippen LogP contribution in [0.2, 0.25) is 0 Å². The Morgan fingerprint density at radius 3 is 2.78 bits per heavy atom. The summed E-state index contributed by atoms with van der Waals surface area (Å²) in [6, 6.07) is 0. The van der Waals surface area contributed by atoms with Gasteiger partial charge in [0.2, 0.25) is 0 Å². The van der Waals surface area contributed by atoms with E-state index in [-0.39, 0.29) is 23.9 Å². The molecular formula is C7H12N8O2S. The number of aryl methyl sites for hydroxylation is 1. The maximum atomic E-state index is 12.0. The average molecular weight is 272 g/mol. The topological polar surface area (TPSA) is 155 Å². The fourth-order valence-electron chi connectivity index (χ4n) is 1.38. The van der Waals surface area contributed by atoms with Crippen LogP contribution in [-0.4, -0.2) is 39.2 Å². The summed E-state index contributed by atoms with van der Waals surface area (Å²) in [5.74, 6) is 0.236. The fraction of sp³-hybridized carbons (Fsp3) is 0.429.